The fourth-order valence-electron chi connectivity index (χ4n) is 1.87. The second-order valence-corrected chi connectivity index (χ2v) is 5.22. The summed E-state index contributed by atoms with van der Waals surface area (Å²) < 4.78 is 0. The Kier molecular flexibility index (Phi) is 4.89. The predicted molar refractivity (Wildman–Crippen MR) is 59.0 cm³/mol. The van der Waals surface area contributed by atoms with Crippen LogP contribution in [0.5, 0.6) is 0 Å². The molecule has 0 aromatic heterocycles. The summed E-state index contributed by atoms with van der Waals surface area (Å²) in [5.74, 6) is 0.193. The molecule has 4 nitrogen and oxygen atoms in total. The third kappa shape index (κ3) is 4.01. The first-order valence-corrected chi connectivity index (χ1v) is 6.37. The maximum absolute atomic E-state index is 10.7. The molecule has 0 amide bonds. The molecule has 0 bridgehead atoms. The van der Waals surface area contributed by atoms with Crippen molar-refractivity contribution in [1.82, 2.24) is 0 Å². The fourth-order valence-corrected chi connectivity index (χ4v) is 2.82. The zero-order valence-corrected chi connectivity index (χ0v) is 9.50. The van der Waals surface area contributed by atoms with Gasteiger partial charge in [-0.15, -0.1) is 0 Å². The van der Waals surface area contributed by atoms with Crippen LogP contribution in [0, 0.1) is 5.92 Å². The van der Waals surface area contributed by atoms with Crippen LogP contribution >= 0.6 is 11.8 Å². The van der Waals surface area contributed by atoms with Gasteiger partial charge in [0.15, 0.2) is 0 Å². The number of hydrogen-bond acceptors (Lipinski definition) is 4. The van der Waals surface area contributed by atoms with Crippen molar-refractivity contribution < 1.29 is 20.1 Å². The molecule has 0 heterocycles. The fraction of sp³-hybridized carbons (Fsp3) is 0.900. The third-order valence-electron chi connectivity index (χ3n) is 2.87. The van der Waals surface area contributed by atoms with E-state index in [0.717, 1.165) is 0 Å². The number of thioether (sulfide) groups is 1. The minimum atomic E-state index is -0.750. The quantitative estimate of drug-likeness (QED) is 0.611. The summed E-state index contributed by atoms with van der Waals surface area (Å²) in [6, 6.07) is 0. The molecule has 0 aromatic rings. The smallest absolute Gasteiger partial charge is 0.306 e. The average molecular weight is 234 g/mol. The van der Waals surface area contributed by atoms with Crippen LogP contribution in [0.25, 0.3) is 0 Å². The van der Waals surface area contributed by atoms with Crippen molar-refractivity contribution in [2.45, 2.75) is 31.3 Å². The van der Waals surface area contributed by atoms with E-state index in [2.05, 4.69) is 0 Å². The minimum Gasteiger partial charge on any atom is -0.481 e. The van der Waals surface area contributed by atoms with E-state index in [1.165, 1.54) is 11.8 Å². The van der Waals surface area contributed by atoms with Gasteiger partial charge < -0.3 is 15.3 Å². The Morgan fingerprint density at radius 3 is 2.47 bits per heavy atom. The van der Waals surface area contributed by atoms with E-state index in [-0.39, 0.29) is 12.5 Å². The van der Waals surface area contributed by atoms with Gasteiger partial charge in [0.1, 0.15) is 0 Å². The number of aliphatic carboxylic acids is 1. The molecule has 1 rings (SSSR count). The molecule has 1 fully saturated rings. The highest BCUT2D eigenvalue weighted by molar-refractivity contribution is 7.99. The Hall–Kier alpha value is -0.260. The van der Waals surface area contributed by atoms with E-state index in [1.807, 2.05) is 0 Å². The zero-order chi connectivity index (χ0) is 11.3. The van der Waals surface area contributed by atoms with Gasteiger partial charge in [0.25, 0.3) is 0 Å². The SMILES string of the molecule is O=C(O)C1CCC(O)(CSCCO)CC1. The lowest BCUT2D eigenvalue weighted by atomic mass is 9.80. The van der Waals surface area contributed by atoms with Crippen molar-refractivity contribution in [3.8, 4) is 0 Å². The molecular weight excluding hydrogens is 216 g/mol. The molecule has 0 radical (unpaired) electrons. The van der Waals surface area contributed by atoms with Crippen molar-refractivity contribution in [2.24, 2.45) is 5.92 Å². The van der Waals surface area contributed by atoms with Crippen LogP contribution in [0.4, 0.5) is 0 Å². The first-order chi connectivity index (χ1) is 7.07. The monoisotopic (exact) mass is 234 g/mol. The Morgan fingerprint density at radius 2 is 2.00 bits per heavy atom. The Morgan fingerprint density at radius 1 is 1.40 bits per heavy atom. The van der Waals surface area contributed by atoms with Crippen LogP contribution in [0.2, 0.25) is 0 Å². The molecule has 0 aliphatic heterocycles. The van der Waals surface area contributed by atoms with Crippen molar-refractivity contribution >= 4 is 17.7 Å². The average Bonchev–Trinajstić information content (AvgIpc) is 2.18. The van der Waals surface area contributed by atoms with E-state index < -0.39 is 11.6 Å². The van der Waals surface area contributed by atoms with Gasteiger partial charge in [0.2, 0.25) is 0 Å². The van der Waals surface area contributed by atoms with Crippen LogP contribution < -0.4 is 0 Å². The van der Waals surface area contributed by atoms with E-state index in [0.29, 0.717) is 37.2 Å². The molecule has 1 aliphatic rings. The number of aliphatic hydroxyl groups excluding tert-OH is 1. The molecule has 1 aliphatic carbocycles. The van der Waals surface area contributed by atoms with Crippen LogP contribution in [0.15, 0.2) is 0 Å². The summed E-state index contributed by atoms with van der Waals surface area (Å²) in [5, 5.41) is 27.5. The Bertz CT molecular complexity index is 211. The van der Waals surface area contributed by atoms with Crippen LogP contribution in [0.3, 0.4) is 0 Å². The number of hydrogen-bond donors (Lipinski definition) is 3. The molecule has 0 spiro atoms. The zero-order valence-electron chi connectivity index (χ0n) is 8.69. The maximum atomic E-state index is 10.7. The third-order valence-corrected chi connectivity index (χ3v) is 4.08. The van der Waals surface area contributed by atoms with Crippen molar-refractivity contribution in [2.75, 3.05) is 18.1 Å². The van der Waals surface area contributed by atoms with E-state index >= 15 is 0 Å². The standard InChI is InChI=1S/C10H18O4S/c11-5-6-15-7-10(14)3-1-8(2-4-10)9(12)13/h8,11,14H,1-7H2,(H,12,13). The summed E-state index contributed by atoms with van der Waals surface area (Å²) in [4.78, 5) is 10.7. The highest BCUT2D eigenvalue weighted by Gasteiger charge is 2.35. The summed E-state index contributed by atoms with van der Waals surface area (Å²) in [6.07, 6.45) is 2.24. The van der Waals surface area contributed by atoms with Gasteiger partial charge in [-0.3, -0.25) is 4.79 Å². The topological polar surface area (TPSA) is 77.8 Å². The molecule has 15 heavy (non-hydrogen) atoms. The number of carbonyl (C=O) groups is 1. The number of rotatable bonds is 5. The highest BCUT2D eigenvalue weighted by Crippen LogP contribution is 2.34. The van der Waals surface area contributed by atoms with Crippen LogP contribution in [0.1, 0.15) is 25.7 Å². The van der Waals surface area contributed by atoms with Gasteiger partial charge in [0.05, 0.1) is 18.1 Å². The first-order valence-electron chi connectivity index (χ1n) is 5.21. The van der Waals surface area contributed by atoms with E-state index in [9.17, 15) is 9.90 Å². The lowest BCUT2D eigenvalue weighted by molar-refractivity contribution is -0.144. The normalized spacial score (nSPS) is 31.5. The lowest BCUT2D eigenvalue weighted by Gasteiger charge is -2.34. The summed E-state index contributed by atoms with van der Waals surface area (Å²) >= 11 is 1.52. The molecule has 3 N–H and O–H groups in total. The maximum Gasteiger partial charge on any atom is 0.306 e. The molecule has 0 aromatic carbocycles. The van der Waals surface area contributed by atoms with E-state index in [1.54, 1.807) is 0 Å². The summed E-state index contributed by atoms with van der Waals surface area (Å²) in [6.45, 7) is 0.124. The van der Waals surface area contributed by atoms with Gasteiger partial charge in [-0.25, -0.2) is 0 Å². The molecule has 0 saturated heterocycles. The molecule has 5 heteroatoms. The van der Waals surface area contributed by atoms with Gasteiger partial charge >= 0.3 is 5.97 Å². The second kappa shape index (κ2) is 5.72. The number of carboxylic acids is 1. The van der Waals surface area contributed by atoms with E-state index in [4.69, 9.17) is 10.2 Å². The molecule has 1 saturated carbocycles. The second-order valence-electron chi connectivity index (χ2n) is 4.11. The molecular formula is C10H18O4S. The van der Waals surface area contributed by atoms with Crippen LogP contribution in [-0.4, -0.2) is 45.0 Å². The number of aliphatic hydroxyl groups is 2. The Labute approximate surface area is 93.7 Å². The largest absolute Gasteiger partial charge is 0.481 e. The van der Waals surface area contributed by atoms with Gasteiger partial charge in [-0.2, -0.15) is 11.8 Å². The first kappa shape index (κ1) is 12.8. The minimum absolute atomic E-state index is 0.124. The highest BCUT2D eigenvalue weighted by atomic mass is 32.2. The molecule has 0 atom stereocenters. The molecule has 88 valence electrons. The van der Waals surface area contributed by atoms with Gasteiger partial charge in [-0.1, -0.05) is 0 Å². The van der Waals surface area contributed by atoms with Gasteiger partial charge in [0, 0.05) is 11.5 Å². The molecule has 0 unspecified atom stereocenters. The summed E-state index contributed by atoms with van der Waals surface area (Å²) in [7, 11) is 0. The van der Waals surface area contributed by atoms with Crippen LogP contribution in [-0.2, 0) is 4.79 Å². The van der Waals surface area contributed by atoms with Crippen molar-refractivity contribution in [3.63, 3.8) is 0 Å². The van der Waals surface area contributed by atoms with Crippen molar-refractivity contribution in [1.29, 1.82) is 0 Å². The predicted octanol–water partition coefficient (Wildman–Crippen LogP) is 0.718. The number of carboxylic acid groups (broad SMARTS) is 1. The summed E-state index contributed by atoms with van der Waals surface area (Å²) in [5.41, 5.74) is -0.716. The van der Waals surface area contributed by atoms with Gasteiger partial charge in [-0.05, 0) is 25.7 Å². The Balaban J connectivity index is 2.30. The van der Waals surface area contributed by atoms with Crippen molar-refractivity contribution in [3.05, 3.63) is 0 Å². The lowest BCUT2D eigenvalue weighted by Crippen LogP contribution is -2.38.